The first-order valence-electron chi connectivity index (χ1n) is 4.29. The van der Waals surface area contributed by atoms with Gasteiger partial charge in [0.05, 0.1) is 0 Å². The van der Waals surface area contributed by atoms with Gasteiger partial charge in [0, 0.05) is 6.42 Å². The molecule has 64 valence electrons. The van der Waals surface area contributed by atoms with E-state index < -0.39 is 8.48 Å². The lowest BCUT2D eigenvalue weighted by molar-refractivity contribution is 0.258. The molecule has 0 saturated heterocycles. The maximum atomic E-state index is 5.53. The van der Waals surface area contributed by atoms with E-state index in [-0.39, 0.29) is 0 Å². The van der Waals surface area contributed by atoms with Crippen LogP contribution >= 0.6 is 0 Å². The van der Waals surface area contributed by atoms with E-state index in [4.69, 9.17) is 4.53 Å². The summed E-state index contributed by atoms with van der Waals surface area (Å²) in [5, 5.41) is 0. The van der Waals surface area contributed by atoms with Crippen molar-refractivity contribution in [1.82, 2.24) is 5.48 Å². The largest absolute Gasteiger partial charge is 0.349 e. The molecule has 0 bridgehead atoms. The number of amidine groups is 1. The minimum absolute atomic E-state index is 0.953. The molecule has 0 atom stereocenters. The predicted octanol–water partition coefficient (Wildman–Crippen LogP) is 1.81. The monoisotopic (exact) mass is 172 g/mol. The van der Waals surface area contributed by atoms with Gasteiger partial charge in [0.1, 0.15) is 5.84 Å². The molecule has 0 aromatic carbocycles. The lowest BCUT2D eigenvalue weighted by atomic mass is 10.5. The molecule has 1 rings (SSSR count). The molecule has 1 aliphatic heterocycles. The minimum Gasteiger partial charge on any atom is -0.293 e. The van der Waals surface area contributed by atoms with Crippen LogP contribution < -0.4 is 5.48 Å². The van der Waals surface area contributed by atoms with E-state index in [0.29, 0.717) is 0 Å². The van der Waals surface area contributed by atoms with Crippen LogP contribution in [0.25, 0.3) is 0 Å². The smallest absolute Gasteiger partial charge is 0.293 e. The van der Waals surface area contributed by atoms with Gasteiger partial charge >= 0.3 is 8.48 Å². The average Bonchev–Trinajstić information content (AvgIpc) is 2.49. The third-order valence-electron chi connectivity index (χ3n) is 2.14. The molecule has 0 saturated carbocycles. The van der Waals surface area contributed by atoms with Crippen molar-refractivity contribution < 1.29 is 4.53 Å². The van der Waals surface area contributed by atoms with Gasteiger partial charge in [-0.2, -0.15) is 0 Å². The zero-order valence-corrected chi connectivity index (χ0v) is 8.48. The van der Waals surface area contributed by atoms with Gasteiger partial charge < -0.3 is 0 Å². The van der Waals surface area contributed by atoms with Gasteiger partial charge in [0.15, 0.2) is 0 Å². The number of rotatable bonds is 3. The minimum atomic E-state index is -1.69. The standard InChI is InChI=1S/C7H16N2OSi/c1-4-7-8-10-11(5-2,6-3)9-7/h4-6H2,1-3H3,(H,8,9). The van der Waals surface area contributed by atoms with Crippen molar-refractivity contribution in [2.24, 2.45) is 4.66 Å². The highest BCUT2D eigenvalue weighted by Crippen LogP contribution is 2.21. The van der Waals surface area contributed by atoms with Crippen molar-refractivity contribution >= 4 is 14.3 Å². The van der Waals surface area contributed by atoms with Crippen molar-refractivity contribution in [3.8, 4) is 0 Å². The molecule has 4 heteroatoms. The van der Waals surface area contributed by atoms with Gasteiger partial charge in [0.25, 0.3) is 0 Å². The topological polar surface area (TPSA) is 33.6 Å². The maximum Gasteiger partial charge on any atom is 0.349 e. The van der Waals surface area contributed by atoms with Gasteiger partial charge in [-0.15, -0.1) is 0 Å². The molecule has 11 heavy (non-hydrogen) atoms. The fourth-order valence-corrected chi connectivity index (χ4v) is 3.30. The highest BCUT2D eigenvalue weighted by molar-refractivity contribution is 6.74. The van der Waals surface area contributed by atoms with Gasteiger partial charge in [-0.25, -0.2) is 0 Å². The van der Waals surface area contributed by atoms with E-state index in [1.54, 1.807) is 0 Å². The fourth-order valence-electron chi connectivity index (χ4n) is 1.15. The van der Waals surface area contributed by atoms with Crippen LogP contribution in [0.1, 0.15) is 27.2 Å². The van der Waals surface area contributed by atoms with Crippen LogP contribution in [0.5, 0.6) is 0 Å². The molecule has 0 unspecified atom stereocenters. The number of nitrogens with one attached hydrogen (secondary N) is 1. The van der Waals surface area contributed by atoms with Crippen molar-refractivity contribution in [1.29, 1.82) is 0 Å². The Morgan fingerprint density at radius 1 is 1.36 bits per heavy atom. The van der Waals surface area contributed by atoms with E-state index in [9.17, 15) is 0 Å². The third kappa shape index (κ3) is 1.62. The zero-order valence-electron chi connectivity index (χ0n) is 7.48. The molecule has 0 fully saturated rings. The number of nitrogens with zero attached hydrogens (tertiary/aromatic N) is 1. The molecule has 3 nitrogen and oxygen atoms in total. The normalized spacial score (nSPS) is 21.2. The first kappa shape index (κ1) is 8.74. The van der Waals surface area contributed by atoms with Gasteiger partial charge in [-0.3, -0.25) is 14.7 Å². The van der Waals surface area contributed by atoms with E-state index in [1.165, 1.54) is 0 Å². The average molecular weight is 172 g/mol. The first-order chi connectivity index (χ1) is 5.26. The zero-order chi connectivity index (χ0) is 8.32. The summed E-state index contributed by atoms with van der Waals surface area (Å²) < 4.78 is 10.1. The van der Waals surface area contributed by atoms with Crippen LogP contribution in [-0.4, -0.2) is 14.3 Å². The number of hydrogen-bond acceptors (Lipinski definition) is 3. The van der Waals surface area contributed by atoms with Crippen molar-refractivity contribution in [2.45, 2.75) is 39.3 Å². The summed E-state index contributed by atoms with van der Waals surface area (Å²) in [6, 6.07) is 2.14. The Morgan fingerprint density at radius 2 is 2.00 bits per heavy atom. The van der Waals surface area contributed by atoms with Crippen LogP contribution in [0.2, 0.25) is 12.1 Å². The summed E-state index contributed by atoms with van der Waals surface area (Å²) in [4.78, 5) is 0. The van der Waals surface area contributed by atoms with Crippen LogP contribution in [-0.2, 0) is 4.53 Å². The lowest BCUT2D eigenvalue weighted by Crippen LogP contribution is -2.33. The molecule has 0 aromatic heterocycles. The summed E-state index contributed by atoms with van der Waals surface area (Å²) >= 11 is 0. The Bertz CT molecular complexity index is 166. The van der Waals surface area contributed by atoms with Gasteiger partial charge in [-0.1, -0.05) is 20.8 Å². The van der Waals surface area contributed by atoms with Crippen LogP contribution in [0.15, 0.2) is 4.66 Å². The molecular weight excluding hydrogens is 156 g/mol. The highest BCUT2D eigenvalue weighted by atomic mass is 28.4. The van der Waals surface area contributed by atoms with Crippen LogP contribution in [0.3, 0.4) is 0 Å². The Morgan fingerprint density at radius 3 is 2.27 bits per heavy atom. The molecule has 1 aliphatic rings. The summed E-state index contributed by atoms with van der Waals surface area (Å²) in [7, 11) is -1.69. The van der Waals surface area contributed by atoms with Gasteiger partial charge in [-0.05, 0) is 12.1 Å². The van der Waals surface area contributed by atoms with E-state index in [0.717, 1.165) is 24.3 Å². The summed E-state index contributed by atoms with van der Waals surface area (Å²) in [6.45, 7) is 6.39. The van der Waals surface area contributed by atoms with Crippen LogP contribution in [0, 0.1) is 0 Å². The van der Waals surface area contributed by atoms with Crippen molar-refractivity contribution in [3.05, 3.63) is 0 Å². The van der Waals surface area contributed by atoms with E-state index >= 15 is 0 Å². The molecule has 0 aliphatic carbocycles. The van der Waals surface area contributed by atoms with E-state index in [2.05, 4.69) is 30.9 Å². The molecular formula is C7H16N2OSi. The molecule has 0 amide bonds. The Balaban J connectivity index is 2.67. The number of hydroxylamine groups is 1. The molecule has 0 spiro atoms. The number of hydrogen-bond donors (Lipinski definition) is 1. The first-order valence-corrected chi connectivity index (χ1v) is 6.56. The quantitative estimate of drug-likeness (QED) is 0.659. The fraction of sp³-hybridized carbons (Fsp3) is 0.857. The van der Waals surface area contributed by atoms with Crippen LogP contribution in [0.4, 0.5) is 0 Å². The second-order valence-corrected chi connectivity index (χ2v) is 6.50. The molecule has 1 heterocycles. The van der Waals surface area contributed by atoms with Crippen molar-refractivity contribution in [2.75, 3.05) is 0 Å². The second-order valence-electron chi connectivity index (χ2n) is 2.77. The van der Waals surface area contributed by atoms with Gasteiger partial charge in [0.2, 0.25) is 0 Å². The second kappa shape index (κ2) is 3.36. The Hall–Kier alpha value is -0.353. The predicted molar refractivity (Wildman–Crippen MR) is 48.7 cm³/mol. The lowest BCUT2D eigenvalue weighted by Gasteiger charge is -2.15. The van der Waals surface area contributed by atoms with E-state index in [1.807, 2.05) is 0 Å². The third-order valence-corrected chi connectivity index (χ3v) is 5.51. The summed E-state index contributed by atoms with van der Waals surface area (Å²) in [5.41, 5.74) is 2.91. The Labute approximate surface area is 69.0 Å². The highest BCUT2D eigenvalue weighted by Gasteiger charge is 2.37. The summed E-state index contributed by atoms with van der Waals surface area (Å²) in [5.74, 6) is 1.03. The van der Waals surface area contributed by atoms with Crippen molar-refractivity contribution in [3.63, 3.8) is 0 Å². The maximum absolute atomic E-state index is 5.53. The summed E-state index contributed by atoms with van der Waals surface area (Å²) in [6.07, 6.45) is 0.953. The molecule has 0 aromatic rings. The molecule has 1 N–H and O–H groups in total. The molecule has 0 radical (unpaired) electrons. The SMILES string of the molecule is CCC1=N[Si](CC)(CC)ON1. The Kier molecular flexibility index (Phi) is 2.67.